The van der Waals surface area contributed by atoms with Gasteiger partial charge in [-0.2, -0.15) is 0 Å². The summed E-state index contributed by atoms with van der Waals surface area (Å²) in [5.74, 6) is -0.378. The first kappa shape index (κ1) is 15.4. The van der Waals surface area contributed by atoms with Crippen molar-refractivity contribution in [1.82, 2.24) is 5.32 Å². The van der Waals surface area contributed by atoms with Crippen LogP contribution in [-0.4, -0.2) is 23.7 Å². The first-order chi connectivity index (χ1) is 9.93. The van der Waals surface area contributed by atoms with E-state index in [2.05, 4.69) is 24.5 Å². The molecule has 1 saturated carbocycles. The smallest absolute Gasteiger partial charge is 0.319 e. The Labute approximate surface area is 124 Å². The van der Waals surface area contributed by atoms with Gasteiger partial charge >= 0.3 is 12.0 Å². The predicted octanol–water partition coefficient (Wildman–Crippen LogP) is 3.19. The molecule has 3 N–H and O–H groups in total. The van der Waals surface area contributed by atoms with E-state index >= 15 is 0 Å². The van der Waals surface area contributed by atoms with Crippen LogP contribution in [-0.2, 0) is 4.79 Å². The summed E-state index contributed by atoms with van der Waals surface area (Å²) in [5, 5.41) is 14.6. The zero-order chi connectivity index (χ0) is 15.5. The number of carbonyl (C=O) groups is 2. The third-order valence-electron chi connectivity index (χ3n) is 4.19. The van der Waals surface area contributed by atoms with Crippen LogP contribution in [0.4, 0.5) is 10.5 Å². The standard InChI is InChI=1S/C16H22N2O3/c1-11(2)12-4-6-13(7-5-12)18-15(21)17-10-16(14(19)20)8-3-9-16/h4-7,11H,3,8-10H2,1-2H3,(H,19,20)(H2,17,18,21). The molecule has 5 nitrogen and oxygen atoms in total. The average molecular weight is 290 g/mol. The monoisotopic (exact) mass is 290 g/mol. The van der Waals surface area contributed by atoms with Gasteiger partial charge in [0.15, 0.2) is 0 Å². The molecule has 21 heavy (non-hydrogen) atoms. The van der Waals surface area contributed by atoms with Gasteiger partial charge in [0.25, 0.3) is 0 Å². The van der Waals surface area contributed by atoms with Gasteiger partial charge in [-0.05, 0) is 36.5 Å². The fourth-order valence-corrected chi connectivity index (χ4v) is 2.45. The number of carboxylic acid groups (broad SMARTS) is 1. The quantitative estimate of drug-likeness (QED) is 0.779. The van der Waals surface area contributed by atoms with E-state index in [1.165, 1.54) is 5.56 Å². The summed E-state index contributed by atoms with van der Waals surface area (Å²) in [6.07, 6.45) is 2.17. The van der Waals surface area contributed by atoms with Crippen molar-refractivity contribution >= 4 is 17.7 Å². The number of anilines is 1. The first-order valence-corrected chi connectivity index (χ1v) is 7.31. The average Bonchev–Trinajstić information content (AvgIpc) is 2.37. The van der Waals surface area contributed by atoms with Crippen LogP contribution in [0.5, 0.6) is 0 Å². The number of amides is 2. The van der Waals surface area contributed by atoms with E-state index in [0.717, 1.165) is 6.42 Å². The Morgan fingerprint density at radius 2 is 1.86 bits per heavy atom. The molecule has 114 valence electrons. The Balaban J connectivity index is 1.86. The molecular weight excluding hydrogens is 268 g/mol. The topological polar surface area (TPSA) is 78.4 Å². The van der Waals surface area contributed by atoms with E-state index in [0.29, 0.717) is 24.4 Å². The molecule has 1 fully saturated rings. The van der Waals surface area contributed by atoms with Crippen molar-refractivity contribution in [3.63, 3.8) is 0 Å². The lowest BCUT2D eigenvalue weighted by Crippen LogP contribution is -2.48. The number of hydrogen-bond acceptors (Lipinski definition) is 2. The molecule has 0 saturated heterocycles. The lowest BCUT2D eigenvalue weighted by molar-refractivity contribution is -0.153. The van der Waals surface area contributed by atoms with Crippen LogP contribution >= 0.6 is 0 Å². The SMILES string of the molecule is CC(C)c1ccc(NC(=O)NCC2(C(=O)O)CCC2)cc1. The maximum Gasteiger partial charge on any atom is 0.319 e. The van der Waals surface area contributed by atoms with Crippen LogP contribution in [0.1, 0.15) is 44.6 Å². The molecule has 0 aromatic heterocycles. The molecule has 0 aliphatic heterocycles. The van der Waals surface area contributed by atoms with Crippen molar-refractivity contribution in [2.75, 3.05) is 11.9 Å². The number of hydrogen-bond donors (Lipinski definition) is 3. The summed E-state index contributed by atoms with van der Waals surface area (Å²) in [6, 6.07) is 7.30. The van der Waals surface area contributed by atoms with Crippen LogP contribution in [0.2, 0.25) is 0 Å². The second-order valence-electron chi connectivity index (χ2n) is 6.02. The molecule has 1 aromatic rings. The third kappa shape index (κ3) is 3.54. The summed E-state index contributed by atoms with van der Waals surface area (Å²) >= 11 is 0. The van der Waals surface area contributed by atoms with Gasteiger partial charge in [-0.1, -0.05) is 32.4 Å². The Morgan fingerprint density at radius 3 is 2.29 bits per heavy atom. The van der Waals surface area contributed by atoms with E-state index < -0.39 is 11.4 Å². The molecule has 0 bridgehead atoms. The molecule has 2 rings (SSSR count). The van der Waals surface area contributed by atoms with Gasteiger partial charge < -0.3 is 15.7 Å². The summed E-state index contributed by atoms with van der Waals surface area (Å²) in [5.41, 5.74) is 1.15. The minimum atomic E-state index is -0.824. The highest BCUT2D eigenvalue weighted by Gasteiger charge is 2.44. The maximum atomic E-state index is 11.8. The van der Waals surface area contributed by atoms with Crippen molar-refractivity contribution in [3.8, 4) is 0 Å². The van der Waals surface area contributed by atoms with Gasteiger partial charge in [0.1, 0.15) is 0 Å². The molecule has 2 amide bonds. The van der Waals surface area contributed by atoms with Crippen LogP contribution in [0.3, 0.4) is 0 Å². The van der Waals surface area contributed by atoms with Crippen LogP contribution in [0.15, 0.2) is 24.3 Å². The zero-order valence-corrected chi connectivity index (χ0v) is 12.5. The highest BCUT2D eigenvalue weighted by molar-refractivity contribution is 5.89. The van der Waals surface area contributed by atoms with Gasteiger partial charge in [-0.3, -0.25) is 4.79 Å². The van der Waals surface area contributed by atoms with Crippen molar-refractivity contribution in [3.05, 3.63) is 29.8 Å². The number of nitrogens with one attached hydrogen (secondary N) is 2. The number of carboxylic acids is 1. The normalized spacial score (nSPS) is 16.1. The fraction of sp³-hybridized carbons (Fsp3) is 0.500. The zero-order valence-electron chi connectivity index (χ0n) is 12.5. The van der Waals surface area contributed by atoms with E-state index in [9.17, 15) is 14.7 Å². The number of benzene rings is 1. The molecule has 1 aliphatic carbocycles. The van der Waals surface area contributed by atoms with Crippen LogP contribution < -0.4 is 10.6 Å². The minimum absolute atomic E-state index is 0.179. The molecule has 1 aliphatic rings. The Bertz CT molecular complexity index is 519. The molecule has 0 radical (unpaired) electrons. The fourth-order valence-electron chi connectivity index (χ4n) is 2.45. The van der Waals surface area contributed by atoms with E-state index in [1.54, 1.807) is 0 Å². The van der Waals surface area contributed by atoms with Crippen LogP contribution in [0, 0.1) is 5.41 Å². The summed E-state index contributed by atoms with van der Waals surface area (Å²) in [6.45, 7) is 4.40. The Kier molecular flexibility index (Phi) is 4.50. The Hall–Kier alpha value is -2.04. The van der Waals surface area contributed by atoms with Gasteiger partial charge in [0, 0.05) is 12.2 Å². The molecular formula is C16H22N2O3. The molecule has 5 heteroatoms. The van der Waals surface area contributed by atoms with Crippen molar-refractivity contribution in [1.29, 1.82) is 0 Å². The van der Waals surface area contributed by atoms with Crippen molar-refractivity contribution in [2.45, 2.75) is 39.0 Å². The van der Waals surface area contributed by atoms with Gasteiger partial charge in [-0.15, -0.1) is 0 Å². The first-order valence-electron chi connectivity index (χ1n) is 7.31. The summed E-state index contributed by atoms with van der Waals surface area (Å²) in [4.78, 5) is 23.0. The second-order valence-corrected chi connectivity index (χ2v) is 6.02. The number of carbonyl (C=O) groups excluding carboxylic acids is 1. The highest BCUT2D eigenvalue weighted by atomic mass is 16.4. The number of rotatable bonds is 5. The van der Waals surface area contributed by atoms with Gasteiger partial charge in [-0.25, -0.2) is 4.79 Å². The largest absolute Gasteiger partial charge is 0.481 e. The molecule has 0 atom stereocenters. The van der Waals surface area contributed by atoms with E-state index in [1.807, 2.05) is 24.3 Å². The third-order valence-corrected chi connectivity index (χ3v) is 4.19. The van der Waals surface area contributed by atoms with Gasteiger partial charge in [0.05, 0.1) is 5.41 Å². The molecule has 1 aromatic carbocycles. The number of aliphatic carboxylic acids is 1. The summed E-state index contributed by atoms with van der Waals surface area (Å²) in [7, 11) is 0. The van der Waals surface area contributed by atoms with Gasteiger partial charge in [0.2, 0.25) is 0 Å². The van der Waals surface area contributed by atoms with Crippen molar-refractivity contribution in [2.24, 2.45) is 5.41 Å². The Morgan fingerprint density at radius 1 is 1.24 bits per heavy atom. The lowest BCUT2D eigenvalue weighted by Gasteiger charge is -2.37. The maximum absolute atomic E-state index is 11.8. The minimum Gasteiger partial charge on any atom is -0.481 e. The predicted molar refractivity (Wildman–Crippen MR) is 81.5 cm³/mol. The van der Waals surface area contributed by atoms with Crippen LogP contribution in [0.25, 0.3) is 0 Å². The molecule has 0 heterocycles. The van der Waals surface area contributed by atoms with E-state index in [4.69, 9.17) is 0 Å². The van der Waals surface area contributed by atoms with E-state index in [-0.39, 0.29) is 12.6 Å². The molecule has 0 unspecified atom stereocenters. The highest BCUT2D eigenvalue weighted by Crippen LogP contribution is 2.40. The summed E-state index contributed by atoms with van der Waals surface area (Å²) < 4.78 is 0. The van der Waals surface area contributed by atoms with Crippen molar-refractivity contribution < 1.29 is 14.7 Å². The molecule has 0 spiro atoms. The number of urea groups is 1. The second kappa shape index (κ2) is 6.16. The lowest BCUT2D eigenvalue weighted by atomic mass is 9.69.